The molecule has 1 saturated carbocycles. The first-order valence-electron chi connectivity index (χ1n) is 6.83. The van der Waals surface area contributed by atoms with Gasteiger partial charge in [0.25, 0.3) is 5.91 Å². The normalized spacial score (nSPS) is 23.1. The molecule has 1 aromatic rings. The maximum absolute atomic E-state index is 12.2. The highest BCUT2D eigenvalue weighted by Gasteiger charge is 2.25. The number of carbonyl (C=O) groups is 1. The van der Waals surface area contributed by atoms with E-state index in [-0.39, 0.29) is 17.8 Å². The predicted molar refractivity (Wildman–Crippen MR) is 77.2 cm³/mol. The molecule has 0 aliphatic heterocycles. The van der Waals surface area contributed by atoms with Crippen molar-refractivity contribution in [3.8, 4) is 0 Å². The molecule has 2 rings (SSSR count). The van der Waals surface area contributed by atoms with Gasteiger partial charge >= 0.3 is 0 Å². The fourth-order valence-corrected chi connectivity index (χ4v) is 2.88. The van der Waals surface area contributed by atoms with Gasteiger partial charge in [0.2, 0.25) is 0 Å². The largest absolute Gasteiger partial charge is 0.382 e. The Morgan fingerprint density at radius 2 is 2.26 bits per heavy atom. The van der Waals surface area contributed by atoms with E-state index in [1.807, 2.05) is 0 Å². The minimum Gasteiger partial charge on any atom is -0.382 e. The van der Waals surface area contributed by atoms with E-state index >= 15 is 0 Å². The van der Waals surface area contributed by atoms with Gasteiger partial charge in [-0.1, -0.05) is 37.8 Å². The number of nitrogens with one attached hydrogen (secondary N) is 1. The number of nitrogens with two attached hydrogens (primary N) is 1. The van der Waals surface area contributed by atoms with Crippen LogP contribution in [0.15, 0.2) is 12.3 Å². The highest BCUT2D eigenvalue weighted by Crippen LogP contribution is 2.27. The molecular weight excluding hydrogens is 262 g/mol. The van der Waals surface area contributed by atoms with Crippen LogP contribution in [0, 0.1) is 5.92 Å². The van der Waals surface area contributed by atoms with Gasteiger partial charge in [0.05, 0.1) is 10.6 Å². The number of anilines is 1. The first-order valence-corrected chi connectivity index (χ1v) is 7.21. The van der Waals surface area contributed by atoms with Crippen molar-refractivity contribution in [2.45, 2.75) is 45.1 Å². The Labute approximate surface area is 118 Å². The number of hydrogen-bond acceptors (Lipinski definition) is 3. The molecule has 2 unspecified atom stereocenters. The van der Waals surface area contributed by atoms with Crippen molar-refractivity contribution < 1.29 is 4.79 Å². The number of nitrogens with zero attached hydrogens (tertiary/aromatic N) is 1. The summed E-state index contributed by atoms with van der Waals surface area (Å²) in [6.07, 6.45) is 7.27. The summed E-state index contributed by atoms with van der Waals surface area (Å²) in [4.78, 5) is 16.1. The fourth-order valence-electron chi connectivity index (χ4n) is 2.71. The number of aromatic nitrogens is 1. The van der Waals surface area contributed by atoms with Crippen molar-refractivity contribution in [2.75, 3.05) is 5.73 Å². The minimum atomic E-state index is -0.111. The molecule has 104 valence electrons. The Balaban J connectivity index is 2.05. The van der Waals surface area contributed by atoms with E-state index < -0.39 is 0 Å². The SMILES string of the molecule is CCC1CCCCC1NC(=O)c1cnc(N)c(Cl)c1. The Hall–Kier alpha value is -1.29. The second kappa shape index (κ2) is 6.24. The Morgan fingerprint density at radius 1 is 1.53 bits per heavy atom. The zero-order valence-corrected chi connectivity index (χ0v) is 11.9. The van der Waals surface area contributed by atoms with E-state index in [9.17, 15) is 4.79 Å². The number of hydrogen-bond donors (Lipinski definition) is 2. The number of amides is 1. The van der Waals surface area contributed by atoms with E-state index in [2.05, 4.69) is 17.2 Å². The van der Waals surface area contributed by atoms with E-state index in [0.717, 1.165) is 12.8 Å². The molecule has 3 N–H and O–H groups in total. The molecule has 0 saturated heterocycles. The molecule has 1 aliphatic carbocycles. The van der Waals surface area contributed by atoms with Gasteiger partial charge in [-0.05, 0) is 24.8 Å². The number of pyridine rings is 1. The zero-order valence-electron chi connectivity index (χ0n) is 11.2. The third kappa shape index (κ3) is 3.38. The van der Waals surface area contributed by atoms with Crippen LogP contribution in [0.5, 0.6) is 0 Å². The number of carbonyl (C=O) groups excluding carboxylic acids is 1. The van der Waals surface area contributed by atoms with Crippen LogP contribution in [0.25, 0.3) is 0 Å². The average molecular weight is 282 g/mol. The Bertz CT molecular complexity index is 464. The van der Waals surface area contributed by atoms with Crippen LogP contribution in [0.3, 0.4) is 0 Å². The first-order chi connectivity index (χ1) is 9.11. The molecule has 1 aliphatic rings. The summed E-state index contributed by atoms with van der Waals surface area (Å²) in [5.74, 6) is 0.719. The lowest BCUT2D eigenvalue weighted by atomic mass is 9.83. The molecule has 0 bridgehead atoms. The summed E-state index contributed by atoms with van der Waals surface area (Å²) in [6.45, 7) is 2.18. The maximum atomic E-state index is 12.2. The Kier molecular flexibility index (Phi) is 4.64. The van der Waals surface area contributed by atoms with Gasteiger partial charge in [0, 0.05) is 12.2 Å². The van der Waals surface area contributed by atoms with Gasteiger partial charge in [-0.15, -0.1) is 0 Å². The predicted octanol–water partition coefficient (Wildman–Crippen LogP) is 3.02. The van der Waals surface area contributed by atoms with Crippen LogP contribution in [0.2, 0.25) is 5.02 Å². The summed E-state index contributed by atoms with van der Waals surface area (Å²) >= 11 is 5.89. The lowest BCUT2D eigenvalue weighted by Gasteiger charge is -2.31. The number of rotatable bonds is 3. The van der Waals surface area contributed by atoms with Gasteiger partial charge < -0.3 is 11.1 Å². The van der Waals surface area contributed by atoms with Crippen LogP contribution < -0.4 is 11.1 Å². The van der Waals surface area contributed by atoms with E-state index in [1.165, 1.54) is 25.5 Å². The van der Waals surface area contributed by atoms with Crippen LogP contribution >= 0.6 is 11.6 Å². The molecule has 1 fully saturated rings. The van der Waals surface area contributed by atoms with Crippen LogP contribution in [-0.2, 0) is 0 Å². The van der Waals surface area contributed by atoms with Gasteiger partial charge in [-0.2, -0.15) is 0 Å². The minimum absolute atomic E-state index is 0.111. The van der Waals surface area contributed by atoms with Crippen molar-refractivity contribution in [3.05, 3.63) is 22.8 Å². The van der Waals surface area contributed by atoms with Gasteiger partial charge in [-0.25, -0.2) is 4.98 Å². The monoisotopic (exact) mass is 281 g/mol. The topological polar surface area (TPSA) is 68.0 Å². The number of nitrogen functional groups attached to an aromatic ring is 1. The van der Waals surface area contributed by atoms with E-state index in [1.54, 1.807) is 6.07 Å². The van der Waals surface area contributed by atoms with E-state index in [0.29, 0.717) is 16.5 Å². The van der Waals surface area contributed by atoms with E-state index in [4.69, 9.17) is 17.3 Å². The van der Waals surface area contributed by atoms with Crippen molar-refractivity contribution in [3.63, 3.8) is 0 Å². The average Bonchev–Trinajstić information content (AvgIpc) is 2.42. The first kappa shape index (κ1) is 14.1. The second-order valence-electron chi connectivity index (χ2n) is 5.12. The highest BCUT2D eigenvalue weighted by atomic mass is 35.5. The molecule has 4 nitrogen and oxygen atoms in total. The Morgan fingerprint density at radius 3 is 2.95 bits per heavy atom. The van der Waals surface area contributed by atoms with Crippen LogP contribution in [0.1, 0.15) is 49.4 Å². The van der Waals surface area contributed by atoms with Crippen LogP contribution in [-0.4, -0.2) is 16.9 Å². The third-order valence-corrected chi connectivity index (χ3v) is 4.18. The van der Waals surface area contributed by atoms with Gasteiger partial charge in [0.15, 0.2) is 0 Å². The molecule has 1 amide bonds. The smallest absolute Gasteiger partial charge is 0.253 e. The summed E-state index contributed by atoms with van der Waals surface area (Å²) < 4.78 is 0. The summed E-state index contributed by atoms with van der Waals surface area (Å²) in [7, 11) is 0. The van der Waals surface area contributed by atoms with Crippen molar-refractivity contribution in [2.24, 2.45) is 5.92 Å². The fraction of sp³-hybridized carbons (Fsp3) is 0.571. The summed E-state index contributed by atoms with van der Waals surface area (Å²) in [5.41, 5.74) is 6.01. The summed E-state index contributed by atoms with van der Waals surface area (Å²) in [5, 5.41) is 3.43. The van der Waals surface area contributed by atoms with Crippen molar-refractivity contribution in [1.29, 1.82) is 0 Å². The lowest BCUT2D eigenvalue weighted by Crippen LogP contribution is -2.41. The molecule has 0 aromatic carbocycles. The molecule has 0 radical (unpaired) electrons. The highest BCUT2D eigenvalue weighted by molar-refractivity contribution is 6.33. The molecule has 5 heteroatoms. The third-order valence-electron chi connectivity index (χ3n) is 3.88. The molecule has 0 spiro atoms. The van der Waals surface area contributed by atoms with Crippen molar-refractivity contribution >= 4 is 23.3 Å². The molecular formula is C14H20ClN3O. The van der Waals surface area contributed by atoms with Gasteiger partial charge in [0.1, 0.15) is 5.82 Å². The lowest BCUT2D eigenvalue weighted by molar-refractivity contribution is 0.0904. The quantitative estimate of drug-likeness (QED) is 0.895. The molecule has 1 aromatic heterocycles. The van der Waals surface area contributed by atoms with Crippen molar-refractivity contribution in [1.82, 2.24) is 10.3 Å². The standard InChI is InChI=1S/C14H20ClN3O/c1-2-9-5-3-4-6-12(9)18-14(19)10-7-11(15)13(16)17-8-10/h7-9,12H,2-6H2,1H3,(H2,16,17)(H,18,19). The molecule has 2 atom stereocenters. The molecule has 19 heavy (non-hydrogen) atoms. The number of halogens is 1. The van der Waals surface area contributed by atoms with Crippen LogP contribution in [0.4, 0.5) is 5.82 Å². The second-order valence-corrected chi connectivity index (χ2v) is 5.53. The summed E-state index contributed by atoms with van der Waals surface area (Å²) in [6, 6.07) is 1.84. The van der Waals surface area contributed by atoms with Gasteiger partial charge in [-0.3, -0.25) is 4.79 Å². The zero-order chi connectivity index (χ0) is 13.8. The molecule has 1 heterocycles. The maximum Gasteiger partial charge on any atom is 0.253 e.